The molecule has 2 aliphatic rings. The number of anilines is 1. The molecule has 28 heavy (non-hydrogen) atoms. The van der Waals surface area contributed by atoms with Gasteiger partial charge in [-0.1, -0.05) is 54.4 Å². The number of aryl methyl sites for hydroxylation is 1. The fraction of sp³-hybridized carbons (Fsp3) is 0.391. The van der Waals surface area contributed by atoms with Crippen LogP contribution >= 0.6 is 0 Å². The Labute approximate surface area is 165 Å². The lowest BCUT2D eigenvalue weighted by Gasteiger charge is -2.29. The van der Waals surface area contributed by atoms with Crippen LogP contribution in [0.3, 0.4) is 0 Å². The van der Waals surface area contributed by atoms with E-state index >= 15 is 0 Å². The normalized spacial score (nSPS) is 25.2. The first-order valence-electron chi connectivity index (χ1n) is 9.89. The summed E-state index contributed by atoms with van der Waals surface area (Å²) in [6.45, 7) is 3.08. The molecule has 2 fully saturated rings. The summed E-state index contributed by atoms with van der Waals surface area (Å²) >= 11 is 0. The van der Waals surface area contributed by atoms with Gasteiger partial charge in [0.1, 0.15) is 6.04 Å². The summed E-state index contributed by atoms with van der Waals surface area (Å²) < 4.78 is 0. The zero-order valence-electron chi connectivity index (χ0n) is 16.1. The van der Waals surface area contributed by atoms with E-state index in [4.69, 9.17) is 0 Å². The lowest BCUT2D eigenvalue weighted by molar-refractivity contribution is -0.149. The number of carbonyl (C=O) groups excluding carboxylic acids is 1. The Morgan fingerprint density at radius 3 is 2.50 bits per heavy atom. The second kappa shape index (κ2) is 7.40. The SMILES string of the molecule is Cc1ccc(NC(=O)C(c2ccccc2)N2C[C@@H]3CCC[C@@]3(C(=O)O)C2)cc1. The van der Waals surface area contributed by atoms with Crippen LogP contribution in [0.2, 0.25) is 0 Å². The predicted octanol–water partition coefficient (Wildman–Crippen LogP) is 3.86. The molecule has 1 aliphatic heterocycles. The van der Waals surface area contributed by atoms with E-state index in [1.54, 1.807) is 0 Å². The van der Waals surface area contributed by atoms with Crippen LogP contribution in [0.25, 0.3) is 0 Å². The van der Waals surface area contributed by atoms with E-state index in [1.807, 2.05) is 61.5 Å². The highest BCUT2D eigenvalue weighted by Crippen LogP contribution is 2.50. The van der Waals surface area contributed by atoms with Crippen LogP contribution in [-0.2, 0) is 9.59 Å². The predicted molar refractivity (Wildman–Crippen MR) is 108 cm³/mol. The van der Waals surface area contributed by atoms with Crippen molar-refractivity contribution in [3.8, 4) is 0 Å². The van der Waals surface area contributed by atoms with Crippen LogP contribution in [0.5, 0.6) is 0 Å². The molecule has 1 amide bonds. The van der Waals surface area contributed by atoms with Gasteiger partial charge < -0.3 is 10.4 Å². The molecule has 5 nitrogen and oxygen atoms in total. The van der Waals surface area contributed by atoms with Crippen molar-refractivity contribution in [3.05, 3.63) is 65.7 Å². The van der Waals surface area contributed by atoms with Gasteiger partial charge in [-0.05, 0) is 43.4 Å². The highest BCUT2D eigenvalue weighted by atomic mass is 16.4. The molecule has 0 aromatic heterocycles. The number of aliphatic carboxylic acids is 1. The summed E-state index contributed by atoms with van der Waals surface area (Å²) in [5.41, 5.74) is 2.07. The van der Waals surface area contributed by atoms with E-state index in [1.165, 1.54) is 0 Å². The monoisotopic (exact) mass is 378 g/mol. The number of carbonyl (C=O) groups is 2. The number of nitrogens with zero attached hydrogens (tertiary/aromatic N) is 1. The maximum Gasteiger partial charge on any atom is 0.311 e. The maximum atomic E-state index is 13.3. The summed E-state index contributed by atoms with van der Waals surface area (Å²) in [6, 6.07) is 16.9. The van der Waals surface area contributed by atoms with Crippen LogP contribution in [0.15, 0.2) is 54.6 Å². The number of hydrogen-bond acceptors (Lipinski definition) is 3. The molecule has 3 atom stereocenters. The number of benzene rings is 2. The Kier molecular flexibility index (Phi) is 4.94. The first-order valence-corrected chi connectivity index (χ1v) is 9.89. The molecule has 0 radical (unpaired) electrons. The lowest BCUT2D eigenvalue weighted by Crippen LogP contribution is -2.39. The highest BCUT2D eigenvalue weighted by molar-refractivity contribution is 5.95. The smallest absolute Gasteiger partial charge is 0.311 e. The van der Waals surface area contributed by atoms with Crippen molar-refractivity contribution in [1.82, 2.24) is 4.90 Å². The third-order valence-electron chi connectivity index (χ3n) is 6.37. The number of amides is 1. The quantitative estimate of drug-likeness (QED) is 0.829. The van der Waals surface area contributed by atoms with Gasteiger partial charge >= 0.3 is 5.97 Å². The van der Waals surface area contributed by atoms with Gasteiger partial charge in [0.25, 0.3) is 0 Å². The van der Waals surface area contributed by atoms with Crippen molar-refractivity contribution in [3.63, 3.8) is 0 Å². The molecule has 1 saturated carbocycles. The van der Waals surface area contributed by atoms with Crippen LogP contribution in [0, 0.1) is 18.3 Å². The van der Waals surface area contributed by atoms with E-state index < -0.39 is 17.4 Å². The molecule has 1 heterocycles. The van der Waals surface area contributed by atoms with E-state index in [2.05, 4.69) is 10.2 Å². The third kappa shape index (κ3) is 3.31. The Bertz CT molecular complexity index is 865. The van der Waals surface area contributed by atoms with Crippen molar-refractivity contribution in [2.24, 2.45) is 11.3 Å². The molecule has 146 valence electrons. The zero-order valence-corrected chi connectivity index (χ0v) is 16.1. The summed E-state index contributed by atoms with van der Waals surface area (Å²) in [5.74, 6) is -0.720. The van der Waals surface area contributed by atoms with Gasteiger partial charge in [0.2, 0.25) is 5.91 Å². The Hall–Kier alpha value is -2.66. The number of hydrogen-bond donors (Lipinski definition) is 2. The molecular weight excluding hydrogens is 352 g/mol. The summed E-state index contributed by atoms with van der Waals surface area (Å²) in [6.07, 6.45) is 2.57. The first kappa shape index (κ1) is 18.7. The Balaban J connectivity index is 1.62. The molecule has 1 unspecified atom stereocenters. The molecule has 2 aromatic carbocycles. The van der Waals surface area contributed by atoms with Crippen molar-refractivity contribution < 1.29 is 14.7 Å². The molecular formula is C23H26N2O3. The lowest BCUT2D eigenvalue weighted by atomic mass is 9.81. The molecule has 1 aliphatic carbocycles. The highest BCUT2D eigenvalue weighted by Gasteiger charge is 2.56. The van der Waals surface area contributed by atoms with Crippen LogP contribution in [0.1, 0.15) is 36.4 Å². The largest absolute Gasteiger partial charge is 0.481 e. The Morgan fingerprint density at radius 2 is 1.86 bits per heavy atom. The van der Waals surface area contributed by atoms with Crippen LogP contribution in [-0.4, -0.2) is 35.0 Å². The van der Waals surface area contributed by atoms with E-state index in [0.29, 0.717) is 19.5 Å². The summed E-state index contributed by atoms with van der Waals surface area (Å²) in [7, 11) is 0. The minimum atomic E-state index is -0.719. The first-order chi connectivity index (χ1) is 13.5. The third-order valence-corrected chi connectivity index (χ3v) is 6.37. The van der Waals surface area contributed by atoms with Crippen LogP contribution < -0.4 is 5.32 Å². The number of rotatable bonds is 5. The topological polar surface area (TPSA) is 69.6 Å². The fourth-order valence-electron chi connectivity index (χ4n) is 4.89. The van der Waals surface area contributed by atoms with Gasteiger partial charge in [0, 0.05) is 18.8 Å². The van der Waals surface area contributed by atoms with Gasteiger partial charge in [-0.25, -0.2) is 0 Å². The molecule has 0 bridgehead atoms. The molecule has 2 aromatic rings. The maximum absolute atomic E-state index is 13.3. The van der Waals surface area contributed by atoms with Crippen molar-refractivity contribution in [2.45, 2.75) is 32.2 Å². The Morgan fingerprint density at radius 1 is 1.14 bits per heavy atom. The average Bonchev–Trinajstić information content (AvgIpc) is 3.23. The second-order valence-corrected chi connectivity index (χ2v) is 8.15. The number of carboxylic acid groups (broad SMARTS) is 1. The van der Waals surface area contributed by atoms with E-state index in [-0.39, 0.29) is 11.8 Å². The number of nitrogens with one attached hydrogen (secondary N) is 1. The van der Waals surface area contributed by atoms with E-state index in [0.717, 1.165) is 29.7 Å². The molecule has 1 saturated heterocycles. The van der Waals surface area contributed by atoms with Gasteiger partial charge in [-0.3, -0.25) is 14.5 Å². The standard InChI is InChI=1S/C23H26N2O3/c1-16-9-11-19(12-10-16)24-21(26)20(17-6-3-2-4-7-17)25-14-18-8-5-13-23(18,15-25)22(27)28/h2-4,6-7,9-12,18,20H,5,8,13-15H2,1H3,(H,24,26)(H,27,28)/t18-,20?,23+/m0/s1. The molecule has 5 heteroatoms. The minimum Gasteiger partial charge on any atom is -0.481 e. The summed E-state index contributed by atoms with van der Waals surface area (Å²) in [5, 5.41) is 12.9. The van der Waals surface area contributed by atoms with Gasteiger partial charge in [-0.15, -0.1) is 0 Å². The number of carboxylic acids is 1. The zero-order chi connectivity index (χ0) is 19.7. The molecule has 4 rings (SSSR count). The summed E-state index contributed by atoms with van der Waals surface area (Å²) in [4.78, 5) is 27.4. The average molecular weight is 378 g/mol. The fourth-order valence-corrected chi connectivity index (χ4v) is 4.89. The second-order valence-electron chi connectivity index (χ2n) is 8.15. The molecule has 0 spiro atoms. The molecule has 2 N–H and O–H groups in total. The number of fused-ring (bicyclic) bond motifs is 1. The minimum absolute atomic E-state index is 0.114. The van der Waals surface area contributed by atoms with Crippen molar-refractivity contribution >= 4 is 17.6 Å². The van der Waals surface area contributed by atoms with Gasteiger partial charge in [0.15, 0.2) is 0 Å². The van der Waals surface area contributed by atoms with E-state index in [9.17, 15) is 14.7 Å². The van der Waals surface area contributed by atoms with Crippen molar-refractivity contribution in [2.75, 3.05) is 18.4 Å². The van der Waals surface area contributed by atoms with Gasteiger partial charge in [-0.2, -0.15) is 0 Å². The van der Waals surface area contributed by atoms with Crippen molar-refractivity contribution in [1.29, 1.82) is 0 Å². The van der Waals surface area contributed by atoms with Crippen LogP contribution in [0.4, 0.5) is 5.69 Å². The van der Waals surface area contributed by atoms with Gasteiger partial charge in [0.05, 0.1) is 5.41 Å². The number of likely N-dealkylation sites (tertiary alicyclic amines) is 1.